The standard InChI is InChI=1S/C12H12F3NO3/c1-7(11(16)18)19-10(17)6-8-3-2-4-9(5-8)12(13,14)15/h2-5,7H,6H2,1H3,(H2,16,18)/t7-/m1/s1. The molecule has 1 rings (SSSR count). The summed E-state index contributed by atoms with van der Waals surface area (Å²) in [6.07, 6.45) is -5.94. The molecule has 0 spiro atoms. The summed E-state index contributed by atoms with van der Waals surface area (Å²) in [5.74, 6) is -1.64. The predicted octanol–water partition coefficient (Wildman–Crippen LogP) is 1.66. The number of rotatable bonds is 4. The van der Waals surface area contributed by atoms with Crippen LogP contribution in [0.4, 0.5) is 13.2 Å². The normalized spacial score (nSPS) is 12.8. The van der Waals surface area contributed by atoms with Gasteiger partial charge >= 0.3 is 12.1 Å². The molecule has 2 N–H and O–H groups in total. The number of nitrogens with two attached hydrogens (primary N) is 1. The maximum atomic E-state index is 12.4. The summed E-state index contributed by atoms with van der Waals surface area (Å²) in [4.78, 5) is 22.0. The van der Waals surface area contributed by atoms with E-state index in [1.165, 1.54) is 19.1 Å². The summed E-state index contributed by atoms with van der Waals surface area (Å²) >= 11 is 0. The molecule has 0 heterocycles. The Morgan fingerprint density at radius 2 is 2.00 bits per heavy atom. The Morgan fingerprint density at radius 3 is 2.53 bits per heavy atom. The van der Waals surface area contributed by atoms with E-state index in [-0.39, 0.29) is 12.0 Å². The number of alkyl halides is 3. The molecular weight excluding hydrogens is 263 g/mol. The Morgan fingerprint density at radius 1 is 1.37 bits per heavy atom. The van der Waals surface area contributed by atoms with E-state index in [0.29, 0.717) is 0 Å². The van der Waals surface area contributed by atoms with Crippen molar-refractivity contribution in [2.45, 2.75) is 25.6 Å². The minimum absolute atomic E-state index is 0.150. The van der Waals surface area contributed by atoms with E-state index in [0.717, 1.165) is 12.1 Å². The summed E-state index contributed by atoms with van der Waals surface area (Å²) in [5.41, 5.74) is 4.20. The van der Waals surface area contributed by atoms with Crippen LogP contribution in [0.2, 0.25) is 0 Å². The highest BCUT2D eigenvalue weighted by Gasteiger charge is 2.30. The number of hydrogen-bond donors (Lipinski definition) is 1. The van der Waals surface area contributed by atoms with Crippen LogP contribution in [0.1, 0.15) is 18.1 Å². The monoisotopic (exact) mass is 275 g/mol. The number of benzene rings is 1. The van der Waals surface area contributed by atoms with Crippen molar-refractivity contribution in [3.05, 3.63) is 35.4 Å². The van der Waals surface area contributed by atoms with Crippen molar-refractivity contribution >= 4 is 11.9 Å². The highest BCUT2D eigenvalue weighted by Crippen LogP contribution is 2.29. The van der Waals surface area contributed by atoms with E-state index in [9.17, 15) is 22.8 Å². The van der Waals surface area contributed by atoms with Crippen LogP contribution in [0.3, 0.4) is 0 Å². The van der Waals surface area contributed by atoms with Crippen molar-refractivity contribution in [1.29, 1.82) is 0 Å². The molecule has 0 saturated heterocycles. The van der Waals surface area contributed by atoms with Crippen LogP contribution in [0.15, 0.2) is 24.3 Å². The van der Waals surface area contributed by atoms with Crippen LogP contribution in [-0.4, -0.2) is 18.0 Å². The van der Waals surface area contributed by atoms with Gasteiger partial charge in [0.1, 0.15) is 0 Å². The van der Waals surface area contributed by atoms with Gasteiger partial charge in [-0.15, -0.1) is 0 Å². The molecule has 7 heteroatoms. The van der Waals surface area contributed by atoms with Crippen LogP contribution >= 0.6 is 0 Å². The van der Waals surface area contributed by atoms with E-state index in [2.05, 4.69) is 4.74 Å². The first kappa shape index (κ1) is 15.0. The van der Waals surface area contributed by atoms with Crippen LogP contribution in [0.25, 0.3) is 0 Å². The molecule has 0 unspecified atom stereocenters. The third-order valence-corrected chi connectivity index (χ3v) is 2.31. The second kappa shape index (κ2) is 5.73. The van der Waals surface area contributed by atoms with Crippen molar-refractivity contribution in [3.63, 3.8) is 0 Å². The molecule has 0 saturated carbocycles. The molecule has 0 aliphatic rings. The first-order valence-corrected chi connectivity index (χ1v) is 5.35. The number of ether oxygens (including phenoxy) is 1. The lowest BCUT2D eigenvalue weighted by Crippen LogP contribution is -2.30. The van der Waals surface area contributed by atoms with Gasteiger partial charge in [0, 0.05) is 0 Å². The minimum Gasteiger partial charge on any atom is -0.452 e. The van der Waals surface area contributed by atoms with Crippen LogP contribution < -0.4 is 5.73 Å². The van der Waals surface area contributed by atoms with Crippen LogP contribution in [0.5, 0.6) is 0 Å². The highest BCUT2D eigenvalue weighted by molar-refractivity contribution is 5.82. The lowest BCUT2D eigenvalue weighted by Gasteiger charge is -2.11. The Kier molecular flexibility index (Phi) is 4.52. The van der Waals surface area contributed by atoms with Crippen molar-refractivity contribution in [3.8, 4) is 0 Å². The molecule has 0 bridgehead atoms. The Bertz CT molecular complexity index is 485. The molecule has 0 aliphatic heterocycles. The third-order valence-electron chi connectivity index (χ3n) is 2.31. The molecule has 0 aromatic heterocycles. The molecule has 1 atom stereocenters. The van der Waals surface area contributed by atoms with Crippen molar-refractivity contribution < 1.29 is 27.5 Å². The summed E-state index contributed by atoms with van der Waals surface area (Å²) in [5, 5.41) is 0. The Labute approximate surface area is 107 Å². The number of primary amides is 1. The quantitative estimate of drug-likeness (QED) is 0.850. The highest BCUT2D eigenvalue weighted by atomic mass is 19.4. The number of halogens is 3. The molecule has 1 aromatic rings. The fourth-order valence-electron chi connectivity index (χ4n) is 1.32. The molecule has 0 aliphatic carbocycles. The molecule has 4 nitrogen and oxygen atoms in total. The molecule has 1 aromatic carbocycles. The minimum atomic E-state index is -4.47. The van der Waals surface area contributed by atoms with Gasteiger partial charge in [0.15, 0.2) is 6.10 Å². The van der Waals surface area contributed by atoms with Gasteiger partial charge in [-0.25, -0.2) is 0 Å². The molecule has 0 radical (unpaired) electrons. The second-order valence-electron chi connectivity index (χ2n) is 3.91. The van der Waals surface area contributed by atoms with E-state index in [1.54, 1.807) is 0 Å². The number of carbonyl (C=O) groups is 2. The van der Waals surface area contributed by atoms with Gasteiger partial charge in [-0.05, 0) is 18.6 Å². The molecular formula is C12H12F3NO3. The molecule has 104 valence electrons. The van der Waals surface area contributed by atoms with Crippen molar-refractivity contribution in [2.75, 3.05) is 0 Å². The fourth-order valence-corrected chi connectivity index (χ4v) is 1.32. The molecule has 19 heavy (non-hydrogen) atoms. The number of hydrogen-bond acceptors (Lipinski definition) is 3. The number of amides is 1. The average Bonchev–Trinajstić information content (AvgIpc) is 2.27. The zero-order valence-corrected chi connectivity index (χ0v) is 10.0. The van der Waals surface area contributed by atoms with Gasteiger partial charge < -0.3 is 10.5 Å². The van der Waals surface area contributed by atoms with E-state index >= 15 is 0 Å². The number of esters is 1. The average molecular weight is 275 g/mol. The first-order chi connectivity index (χ1) is 8.70. The van der Waals surface area contributed by atoms with Crippen LogP contribution in [-0.2, 0) is 26.9 Å². The largest absolute Gasteiger partial charge is 0.452 e. The van der Waals surface area contributed by atoms with Crippen LogP contribution in [0, 0.1) is 0 Å². The second-order valence-corrected chi connectivity index (χ2v) is 3.91. The maximum absolute atomic E-state index is 12.4. The zero-order chi connectivity index (χ0) is 14.6. The maximum Gasteiger partial charge on any atom is 0.416 e. The number of carbonyl (C=O) groups excluding carboxylic acids is 2. The van der Waals surface area contributed by atoms with Gasteiger partial charge in [0.2, 0.25) is 0 Å². The van der Waals surface area contributed by atoms with Crippen molar-refractivity contribution in [2.24, 2.45) is 5.73 Å². The van der Waals surface area contributed by atoms with Gasteiger partial charge in [-0.2, -0.15) is 13.2 Å². The summed E-state index contributed by atoms with van der Waals surface area (Å²) in [6.45, 7) is 1.28. The van der Waals surface area contributed by atoms with Crippen molar-refractivity contribution in [1.82, 2.24) is 0 Å². The summed E-state index contributed by atoms with van der Waals surface area (Å²) in [7, 11) is 0. The van der Waals surface area contributed by atoms with Gasteiger partial charge in [-0.3, -0.25) is 9.59 Å². The SMILES string of the molecule is C[C@@H](OC(=O)Cc1cccc(C(F)(F)F)c1)C(N)=O. The lowest BCUT2D eigenvalue weighted by atomic mass is 10.1. The van der Waals surface area contributed by atoms with Gasteiger partial charge in [0.05, 0.1) is 12.0 Å². The smallest absolute Gasteiger partial charge is 0.416 e. The van der Waals surface area contributed by atoms with E-state index in [4.69, 9.17) is 5.73 Å². The van der Waals surface area contributed by atoms with E-state index < -0.39 is 29.7 Å². The lowest BCUT2D eigenvalue weighted by molar-refractivity contribution is -0.153. The van der Waals surface area contributed by atoms with Gasteiger partial charge in [-0.1, -0.05) is 18.2 Å². The predicted molar refractivity (Wildman–Crippen MR) is 59.9 cm³/mol. The molecule has 1 amide bonds. The third kappa shape index (κ3) is 4.61. The first-order valence-electron chi connectivity index (χ1n) is 5.35. The zero-order valence-electron chi connectivity index (χ0n) is 10.0. The fraction of sp³-hybridized carbons (Fsp3) is 0.333. The molecule has 0 fully saturated rings. The Balaban J connectivity index is 2.73. The van der Waals surface area contributed by atoms with E-state index in [1.807, 2.05) is 0 Å². The van der Waals surface area contributed by atoms with Gasteiger partial charge in [0.25, 0.3) is 5.91 Å². The summed E-state index contributed by atoms with van der Waals surface area (Å²) in [6, 6.07) is 4.32. The Hall–Kier alpha value is -2.05. The summed E-state index contributed by atoms with van der Waals surface area (Å²) < 4.78 is 42.0. The topological polar surface area (TPSA) is 69.4 Å².